The van der Waals surface area contributed by atoms with E-state index in [0.29, 0.717) is 16.9 Å². The van der Waals surface area contributed by atoms with Gasteiger partial charge in [0.05, 0.1) is 10.5 Å². The molecule has 20 heavy (non-hydrogen) atoms. The van der Waals surface area contributed by atoms with Crippen molar-refractivity contribution in [3.63, 3.8) is 0 Å². The van der Waals surface area contributed by atoms with Crippen LogP contribution in [0.4, 0.5) is 5.69 Å². The molecule has 0 saturated carbocycles. The van der Waals surface area contributed by atoms with Crippen LogP contribution in [-0.4, -0.2) is 10.7 Å². The molecule has 0 radical (unpaired) electrons. The van der Waals surface area contributed by atoms with Crippen molar-refractivity contribution < 1.29 is 14.5 Å². The Morgan fingerprint density at radius 2 is 1.75 bits per heavy atom. The Labute approximate surface area is 116 Å². The highest BCUT2D eigenvalue weighted by molar-refractivity contribution is 5.96. The minimum Gasteiger partial charge on any atom is -0.449 e. The molecule has 0 fully saturated rings. The molecule has 0 aliphatic carbocycles. The summed E-state index contributed by atoms with van der Waals surface area (Å²) >= 11 is 0. The van der Waals surface area contributed by atoms with Crippen LogP contribution in [-0.2, 0) is 0 Å². The summed E-state index contributed by atoms with van der Waals surface area (Å²) < 4.78 is 5.58. The molecule has 0 aliphatic heterocycles. The zero-order chi connectivity index (χ0) is 14.7. The third-order valence-electron chi connectivity index (χ3n) is 2.87. The number of Topliss-reactive ketones (excluding diaryl/α,β-unsaturated/α-hetero) is 1. The molecule has 0 heterocycles. The summed E-state index contributed by atoms with van der Waals surface area (Å²) in [4.78, 5) is 22.2. The lowest BCUT2D eigenvalue weighted by molar-refractivity contribution is -0.386. The van der Waals surface area contributed by atoms with Gasteiger partial charge in [-0.3, -0.25) is 14.9 Å². The van der Waals surface area contributed by atoms with Crippen LogP contribution in [0.2, 0.25) is 0 Å². The summed E-state index contributed by atoms with van der Waals surface area (Å²) in [6.07, 6.45) is 0. The predicted molar refractivity (Wildman–Crippen MR) is 74.4 cm³/mol. The number of rotatable bonds is 4. The number of hydrogen-bond acceptors (Lipinski definition) is 4. The zero-order valence-corrected chi connectivity index (χ0v) is 11.1. The summed E-state index contributed by atoms with van der Waals surface area (Å²) in [5, 5.41) is 11.1. The molecule has 5 heteroatoms. The van der Waals surface area contributed by atoms with Gasteiger partial charge in [-0.05, 0) is 32.0 Å². The maximum atomic E-state index is 11.5. The van der Waals surface area contributed by atoms with Crippen molar-refractivity contribution >= 4 is 11.5 Å². The van der Waals surface area contributed by atoms with Crippen LogP contribution in [0.3, 0.4) is 0 Å². The highest BCUT2D eigenvalue weighted by atomic mass is 16.6. The molecular weight excluding hydrogens is 258 g/mol. The van der Waals surface area contributed by atoms with Crippen molar-refractivity contribution in [2.24, 2.45) is 0 Å². The first kappa shape index (κ1) is 13.7. The largest absolute Gasteiger partial charge is 0.449 e. The lowest BCUT2D eigenvalue weighted by Gasteiger charge is -2.10. The van der Waals surface area contributed by atoms with Gasteiger partial charge in [-0.2, -0.15) is 0 Å². The van der Waals surface area contributed by atoms with Crippen molar-refractivity contribution in [3.05, 3.63) is 63.7 Å². The summed E-state index contributed by atoms with van der Waals surface area (Å²) in [6, 6.07) is 11.5. The van der Waals surface area contributed by atoms with Crippen molar-refractivity contribution in [1.29, 1.82) is 0 Å². The fraction of sp³-hybridized carbons (Fsp3) is 0.133. The maximum absolute atomic E-state index is 11.5. The van der Waals surface area contributed by atoms with E-state index in [1.165, 1.54) is 13.0 Å². The third kappa shape index (κ3) is 2.66. The molecule has 0 saturated heterocycles. The van der Waals surface area contributed by atoms with Crippen molar-refractivity contribution in [3.8, 4) is 11.5 Å². The number of carbonyl (C=O) groups is 1. The van der Waals surface area contributed by atoms with Gasteiger partial charge in [0.2, 0.25) is 5.75 Å². The van der Waals surface area contributed by atoms with E-state index >= 15 is 0 Å². The zero-order valence-electron chi connectivity index (χ0n) is 11.1. The summed E-state index contributed by atoms with van der Waals surface area (Å²) in [6.45, 7) is 3.06. The standard InChI is InChI=1S/C15H13NO4/c1-10-6-5-9-14(15(10)16(18)19)20-13-8-4-3-7-12(13)11(2)17/h3-9H,1-2H3. The Hall–Kier alpha value is -2.69. The highest BCUT2D eigenvalue weighted by Gasteiger charge is 2.20. The lowest BCUT2D eigenvalue weighted by atomic mass is 10.1. The lowest BCUT2D eigenvalue weighted by Crippen LogP contribution is -1.99. The van der Waals surface area contributed by atoms with Crippen LogP contribution in [0, 0.1) is 17.0 Å². The van der Waals surface area contributed by atoms with Crippen LogP contribution in [0.15, 0.2) is 42.5 Å². The first-order valence-electron chi connectivity index (χ1n) is 6.02. The quantitative estimate of drug-likeness (QED) is 0.480. The van der Waals surface area contributed by atoms with Gasteiger partial charge < -0.3 is 4.74 Å². The van der Waals surface area contributed by atoms with E-state index < -0.39 is 4.92 Å². The maximum Gasteiger partial charge on any atom is 0.314 e. The molecule has 0 aromatic heterocycles. The van der Waals surface area contributed by atoms with Crippen molar-refractivity contribution in [1.82, 2.24) is 0 Å². The number of carbonyl (C=O) groups excluding carboxylic acids is 1. The number of para-hydroxylation sites is 2. The van der Waals surface area contributed by atoms with Crippen LogP contribution in [0.5, 0.6) is 11.5 Å². The fourth-order valence-electron chi connectivity index (χ4n) is 1.91. The Balaban J connectivity index is 2.49. The van der Waals surface area contributed by atoms with E-state index in [4.69, 9.17) is 4.74 Å². The second-order valence-electron chi connectivity index (χ2n) is 4.33. The Morgan fingerprint density at radius 3 is 2.40 bits per heavy atom. The Bertz CT molecular complexity index is 679. The molecule has 0 N–H and O–H groups in total. The third-order valence-corrected chi connectivity index (χ3v) is 2.87. The second kappa shape index (κ2) is 5.52. The monoisotopic (exact) mass is 271 g/mol. The van der Waals surface area contributed by atoms with Crippen LogP contribution in [0.25, 0.3) is 0 Å². The first-order valence-corrected chi connectivity index (χ1v) is 6.02. The topological polar surface area (TPSA) is 69.4 Å². The van der Waals surface area contributed by atoms with E-state index in [1.807, 2.05) is 0 Å². The molecule has 0 bridgehead atoms. The predicted octanol–water partition coefficient (Wildman–Crippen LogP) is 3.90. The fourth-order valence-corrected chi connectivity index (χ4v) is 1.91. The molecule has 2 rings (SSSR count). The van der Waals surface area contributed by atoms with Gasteiger partial charge in [0, 0.05) is 5.56 Å². The number of hydrogen-bond donors (Lipinski definition) is 0. The molecule has 0 unspecified atom stereocenters. The number of ether oxygens (including phenoxy) is 1. The molecule has 5 nitrogen and oxygen atoms in total. The number of aryl methyl sites for hydroxylation is 1. The van der Waals surface area contributed by atoms with Crippen LogP contribution >= 0.6 is 0 Å². The molecule has 0 spiro atoms. The smallest absolute Gasteiger partial charge is 0.314 e. The number of benzene rings is 2. The van der Waals surface area contributed by atoms with Gasteiger partial charge in [-0.1, -0.05) is 24.3 Å². The minimum absolute atomic E-state index is 0.0918. The highest BCUT2D eigenvalue weighted by Crippen LogP contribution is 2.35. The number of nitro groups is 1. The molecular formula is C15H13NO4. The van der Waals surface area contributed by atoms with E-state index in [2.05, 4.69) is 0 Å². The molecule has 2 aromatic carbocycles. The minimum atomic E-state index is -0.485. The van der Waals surface area contributed by atoms with Crippen molar-refractivity contribution in [2.75, 3.05) is 0 Å². The van der Waals surface area contributed by atoms with E-state index in [-0.39, 0.29) is 17.2 Å². The van der Waals surface area contributed by atoms with Gasteiger partial charge in [-0.25, -0.2) is 0 Å². The van der Waals surface area contributed by atoms with E-state index in [9.17, 15) is 14.9 Å². The van der Waals surface area contributed by atoms with Gasteiger partial charge in [0.15, 0.2) is 5.78 Å². The van der Waals surface area contributed by atoms with Gasteiger partial charge in [0.1, 0.15) is 5.75 Å². The summed E-state index contributed by atoms with van der Waals surface area (Å²) in [7, 11) is 0. The number of nitrogens with zero attached hydrogens (tertiary/aromatic N) is 1. The molecule has 2 aromatic rings. The Morgan fingerprint density at radius 1 is 1.10 bits per heavy atom. The second-order valence-corrected chi connectivity index (χ2v) is 4.33. The van der Waals surface area contributed by atoms with Crippen LogP contribution in [0.1, 0.15) is 22.8 Å². The average molecular weight is 271 g/mol. The average Bonchev–Trinajstić information content (AvgIpc) is 2.38. The van der Waals surface area contributed by atoms with Gasteiger partial charge >= 0.3 is 5.69 Å². The van der Waals surface area contributed by atoms with E-state index in [1.54, 1.807) is 43.3 Å². The molecule has 0 amide bonds. The number of nitro benzene ring substituents is 1. The molecule has 0 aliphatic rings. The Kier molecular flexibility index (Phi) is 3.79. The molecule has 0 atom stereocenters. The first-order chi connectivity index (χ1) is 9.50. The summed E-state index contributed by atoms with van der Waals surface area (Å²) in [5.74, 6) is 0.285. The van der Waals surface area contributed by atoms with Gasteiger partial charge in [-0.15, -0.1) is 0 Å². The van der Waals surface area contributed by atoms with Gasteiger partial charge in [0.25, 0.3) is 0 Å². The summed E-state index contributed by atoms with van der Waals surface area (Å²) in [5.41, 5.74) is 0.807. The van der Waals surface area contributed by atoms with Crippen LogP contribution < -0.4 is 4.74 Å². The molecule has 102 valence electrons. The normalized spacial score (nSPS) is 10.1. The number of ketones is 1. The van der Waals surface area contributed by atoms with E-state index in [0.717, 1.165) is 0 Å². The SMILES string of the molecule is CC(=O)c1ccccc1Oc1cccc(C)c1[N+](=O)[O-]. The van der Waals surface area contributed by atoms with Crippen molar-refractivity contribution in [2.45, 2.75) is 13.8 Å².